The van der Waals surface area contributed by atoms with E-state index >= 15 is 0 Å². The first-order valence-electron chi connectivity index (χ1n) is 10.7. The molecular formula is C25H24N4O5S. The topological polar surface area (TPSA) is 112 Å². The molecule has 0 aliphatic rings. The van der Waals surface area contributed by atoms with Gasteiger partial charge in [-0.25, -0.2) is 4.98 Å². The molecule has 2 aromatic carbocycles. The molecule has 10 heteroatoms. The summed E-state index contributed by atoms with van der Waals surface area (Å²) in [5, 5.41) is 5.95. The number of carbonyl (C=O) groups is 2. The zero-order chi connectivity index (χ0) is 25.1. The number of hydrogen-bond donors (Lipinski definition) is 2. The van der Waals surface area contributed by atoms with E-state index in [-0.39, 0.29) is 12.5 Å². The molecule has 0 atom stereocenters. The number of ether oxygens (including phenoxy) is 2. The summed E-state index contributed by atoms with van der Waals surface area (Å²) in [6.07, 6.45) is 1.31. The van der Waals surface area contributed by atoms with E-state index in [9.17, 15) is 14.4 Å². The Morgan fingerprint density at radius 3 is 2.51 bits per heavy atom. The number of nitrogens with zero attached hydrogens (tertiary/aromatic N) is 2. The van der Waals surface area contributed by atoms with Crippen LogP contribution in [0, 0.1) is 13.8 Å². The van der Waals surface area contributed by atoms with Gasteiger partial charge in [0.2, 0.25) is 5.91 Å². The Bertz CT molecular complexity index is 1490. The van der Waals surface area contributed by atoms with Crippen LogP contribution in [0.15, 0.2) is 53.6 Å². The second-order valence-electron chi connectivity index (χ2n) is 7.80. The summed E-state index contributed by atoms with van der Waals surface area (Å²) in [6, 6.07) is 12.4. The van der Waals surface area contributed by atoms with E-state index in [0.717, 1.165) is 16.9 Å². The zero-order valence-corrected chi connectivity index (χ0v) is 20.5. The van der Waals surface area contributed by atoms with Gasteiger partial charge in [0.25, 0.3) is 11.5 Å². The molecule has 0 aliphatic carbocycles. The molecule has 2 amide bonds. The number of hydrogen-bond acceptors (Lipinski definition) is 7. The van der Waals surface area contributed by atoms with Gasteiger partial charge in [-0.15, -0.1) is 11.3 Å². The number of anilines is 2. The minimum absolute atomic E-state index is 0.253. The predicted octanol–water partition coefficient (Wildman–Crippen LogP) is 3.98. The molecule has 0 unspecified atom stereocenters. The third-order valence-corrected chi connectivity index (χ3v) is 6.71. The Balaban J connectivity index is 1.57. The maximum Gasteiger partial charge on any atom is 0.266 e. The van der Waals surface area contributed by atoms with E-state index in [2.05, 4.69) is 15.6 Å². The van der Waals surface area contributed by atoms with Gasteiger partial charge < -0.3 is 20.1 Å². The Kier molecular flexibility index (Phi) is 6.83. The van der Waals surface area contributed by atoms with E-state index < -0.39 is 11.5 Å². The van der Waals surface area contributed by atoms with Crippen molar-refractivity contribution in [2.75, 3.05) is 24.9 Å². The van der Waals surface area contributed by atoms with Crippen molar-refractivity contribution in [3.63, 3.8) is 0 Å². The minimum Gasteiger partial charge on any atom is -0.497 e. The third kappa shape index (κ3) is 4.87. The van der Waals surface area contributed by atoms with Crippen LogP contribution < -0.4 is 25.7 Å². The fourth-order valence-electron chi connectivity index (χ4n) is 3.63. The van der Waals surface area contributed by atoms with Gasteiger partial charge >= 0.3 is 0 Å². The third-order valence-electron chi connectivity index (χ3n) is 5.51. The Labute approximate surface area is 205 Å². The van der Waals surface area contributed by atoms with E-state index in [1.165, 1.54) is 25.1 Å². The number of rotatable bonds is 7. The molecule has 35 heavy (non-hydrogen) atoms. The van der Waals surface area contributed by atoms with Crippen LogP contribution in [0.2, 0.25) is 0 Å². The molecular weight excluding hydrogens is 468 g/mol. The molecule has 0 fully saturated rings. The number of thiophene rings is 1. The Hall–Kier alpha value is -4.18. The highest BCUT2D eigenvalue weighted by Crippen LogP contribution is 2.30. The van der Waals surface area contributed by atoms with Crippen molar-refractivity contribution in [1.29, 1.82) is 0 Å². The standard InChI is InChI=1S/C25H24N4O5S/c1-14-7-5-6-8-17(14)28-23(31)22-15(2)21-24(35-22)26-13-29(25(21)32)12-20(30)27-18-10-9-16(33-3)11-19(18)34-4/h5-11,13H,12H2,1-4H3,(H,27,30)(H,28,31). The lowest BCUT2D eigenvalue weighted by Gasteiger charge is -2.12. The summed E-state index contributed by atoms with van der Waals surface area (Å²) >= 11 is 1.14. The maximum absolute atomic E-state index is 13.2. The van der Waals surface area contributed by atoms with Gasteiger partial charge in [-0.2, -0.15) is 0 Å². The second-order valence-corrected chi connectivity index (χ2v) is 8.80. The maximum atomic E-state index is 13.2. The van der Waals surface area contributed by atoms with E-state index in [4.69, 9.17) is 9.47 Å². The summed E-state index contributed by atoms with van der Waals surface area (Å²) in [7, 11) is 3.02. The molecule has 4 rings (SSSR count). The number of carbonyl (C=O) groups excluding carboxylic acids is 2. The molecule has 0 radical (unpaired) electrons. The Morgan fingerprint density at radius 1 is 1.03 bits per heavy atom. The quantitative estimate of drug-likeness (QED) is 0.404. The summed E-state index contributed by atoms with van der Waals surface area (Å²) in [6.45, 7) is 3.36. The number of amides is 2. The van der Waals surface area contributed by atoms with Gasteiger partial charge in [0, 0.05) is 11.8 Å². The van der Waals surface area contributed by atoms with Crippen LogP contribution in [0.3, 0.4) is 0 Å². The number of aryl methyl sites for hydroxylation is 2. The van der Waals surface area contributed by atoms with Crippen LogP contribution in [0.4, 0.5) is 11.4 Å². The smallest absolute Gasteiger partial charge is 0.266 e. The second kappa shape index (κ2) is 9.98. The van der Waals surface area contributed by atoms with Crippen molar-refractivity contribution in [3.8, 4) is 11.5 Å². The number of nitrogens with one attached hydrogen (secondary N) is 2. The molecule has 0 aliphatic heterocycles. The molecule has 2 heterocycles. The lowest BCUT2D eigenvalue weighted by Crippen LogP contribution is -2.28. The molecule has 2 N–H and O–H groups in total. The average molecular weight is 493 g/mol. The van der Waals surface area contributed by atoms with Crippen LogP contribution in [0.25, 0.3) is 10.2 Å². The van der Waals surface area contributed by atoms with Crippen molar-refractivity contribution in [2.45, 2.75) is 20.4 Å². The van der Waals surface area contributed by atoms with Gasteiger partial charge in [-0.1, -0.05) is 18.2 Å². The first kappa shape index (κ1) is 24.0. The summed E-state index contributed by atoms with van der Waals surface area (Å²) in [5.74, 6) is 0.273. The highest BCUT2D eigenvalue weighted by atomic mass is 32.1. The molecule has 2 aromatic heterocycles. The number of aromatic nitrogens is 2. The van der Waals surface area contributed by atoms with Crippen molar-refractivity contribution >= 4 is 44.7 Å². The molecule has 0 spiro atoms. The highest BCUT2D eigenvalue weighted by Gasteiger charge is 2.21. The fourth-order valence-corrected chi connectivity index (χ4v) is 4.66. The van der Waals surface area contributed by atoms with Crippen LogP contribution in [-0.4, -0.2) is 35.6 Å². The molecule has 9 nitrogen and oxygen atoms in total. The largest absolute Gasteiger partial charge is 0.497 e. The van der Waals surface area contributed by atoms with Crippen molar-refractivity contribution in [1.82, 2.24) is 9.55 Å². The van der Waals surface area contributed by atoms with Gasteiger partial charge in [0.15, 0.2) is 0 Å². The summed E-state index contributed by atoms with van der Waals surface area (Å²) in [4.78, 5) is 43.9. The highest BCUT2D eigenvalue weighted by molar-refractivity contribution is 7.20. The summed E-state index contributed by atoms with van der Waals surface area (Å²) in [5.41, 5.74) is 2.21. The van der Waals surface area contributed by atoms with Crippen LogP contribution in [0.1, 0.15) is 20.8 Å². The Morgan fingerprint density at radius 2 is 1.80 bits per heavy atom. The number of benzene rings is 2. The van der Waals surface area contributed by atoms with Gasteiger partial charge in [-0.3, -0.25) is 19.0 Å². The van der Waals surface area contributed by atoms with Gasteiger partial charge in [0.1, 0.15) is 22.9 Å². The molecule has 0 bridgehead atoms. The van der Waals surface area contributed by atoms with Gasteiger partial charge in [0.05, 0.1) is 36.5 Å². The first-order chi connectivity index (χ1) is 16.8. The van der Waals surface area contributed by atoms with E-state index in [1.807, 2.05) is 31.2 Å². The van der Waals surface area contributed by atoms with Crippen molar-refractivity contribution < 1.29 is 19.1 Å². The van der Waals surface area contributed by atoms with Gasteiger partial charge in [-0.05, 0) is 43.2 Å². The fraction of sp³-hybridized carbons (Fsp3) is 0.200. The van der Waals surface area contributed by atoms with Crippen molar-refractivity contribution in [3.05, 3.63) is 75.1 Å². The normalized spacial score (nSPS) is 10.7. The van der Waals surface area contributed by atoms with E-state index in [1.54, 1.807) is 25.1 Å². The molecule has 180 valence electrons. The van der Waals surface area contributed by atoms with Crippen LogP contribution in [-0.2, 0) is 11.3 Å². The molecule has 0 saturated heterocycles. The lowest BCUT2D eigenvalue weighted by atomic mass is 10.2. The van der Waals surface area contributed by atoms with Crippen LogP contribution >= 0.6 is 11.3 Å². The van der Waals surface area contributed by atoms with E-state index in [0.29, 0.717) is 43.5 Å². The molecule has 4 aromatic rings. The summed E-state index contributed by atoms with van der Waals surface area (Å²) < 4.78 is 11.7. The zero-order valence-electron chi connectivity index (χ0n) is 19.7. The number of fused-ring (bicyclic) bond motifs is 1. The number of methoxy groups -OCH3 is 2. The first-order valence-corrected chi connectivity index (χ1v) is 11.5. The molecule has 0 saturated carbocycles. The average Bonchev–Trinajstić information content (AvgIpc) is 3.19. The van der Waals surface area contributed by atoms with Crippen molar-refractivity contribution in [2.24, 2.45) is 0 Å². The number of para-hydroxylation sites is 1. The van der Waals surface area contributed by atoms with Crippen LogP contribution in [0.5, 0.6) is 11.5 Å². The minimum atomic E-state index is -0.429. The predicted molar refractivity (Wildman–Crippen MR) is 136 cm³/mol. The SMILES string of the molecule is COc1ccc(NC(=O)Cn2cnc3sc(C(=O)Nc4ccccc4C)c(C)c3c2=O)c(OC)c1. The lowest BCUT2D eigenvalue weighted by molar-refractivity contribution is -0.116. The monoisotopic (exact) mass is 492 g/mol.